The third-order valence-corrected chi connectivity index (χ3v) is 2.89. The van der Waals surface area contributed by atoms with E-state index in [1.165, 1.54) is 0 Å². The number of Topliss-reactive ketones (excluding diaryl/α,β-unsaturated/α-hetero) is 1. The van der Waals surface area contributed by atoms with Crippen LogP contribution in [0.5, 0.6) is 0 Å². The van der Waals surface area contributed by atoms with E-state index >= 15 is 0 Å². The second-order valence-corrected chi connectivity index (χ2v) is 4.37. The van der Waals surface area contributed by atoms with Gasteiger partial charge in [-0.1, -0.05) is 6.92 Å². The first kappa shape index (κ1) is 12.2. The van der Waals surface area contributed by atoms with Crippen LogP contribution in [0.4, 0.5) is 0 Å². The second kappa shape index (κ2) is 5.26. The Bertz CT molecular complexity index is 253. The summed E-state index contributed by atoms with van der Waals surface area (Å²) in [6, 6.07) is -0.177. The van der Waals surface area contributed by atoms with Gasteiger partial charge >= 0.3 is 0 Å². The molecule has 0 spiro atoms. The minimum Gasteiger partial charge on any atom is -0.332 e. The zero-order valence-electron chi connectivity index (χ0n) is 9.75. The lowest BCUT2D eigenvalue weighted by Crippen LogP contribution is -2.40. The van der Waals surface area contributed by atoms with Gasteiger partial charge in [-0.2, -0.15) is 0 Å². The first-order valence-electron chi connectivity index (χ1n) is 5.50. The van der Waals surface area contributed by atoms with Crippen LogP contribution in [0.25, 0.3) is 0 Å². The zero-order valence-corrected chi connectivity index (χ0v) is 9.75. The second-order valence-electron chi connectivity index (χ2n) is 4.37. The summed E-state index contributed by atoms with van der Waals surface area (Å²) in [5.41, 5.74) is 0. The van der Waals surface area contributed by atoms with Gasteiger partial charge in [0, 0.05) is 19.5 Å². The molecule has 0 saturated carbocycles. The van der Waals surface area contributed by atoms with E-state index in [0.717, 1.165) is 13.0 Å². The molecule has 1 saturated heterocycles. The lowest BCUT2D eigenvalue weighted by molar-refractivity contribution is -0.136. The highest BCUT2D eigenvalue weighted by Gasteiger charge is 2.35. The molecule has 1 rings (SSSR count). The highest BCUT2D eigenvalue weighted by molar-refractivity contribution is 5.88. The van der Waals surface area contributed by atoms with E-state index in [0.29, 0.717) is 18.9 Å². The molecule has 0 radical (unpaired) electrons. The number of hydrogen-bond donors (Lipinski definition) is 1. The Labute approximate surface area is 91.0 Å². The SMILES string of the molecule is CNCCC(=O)N1C[C@H](C)C[C@@H]1C(C)=O. The monoisotopic (exact) mass is 212 g/mol. The Morgan fingerprint density at radius 3 is 2.67 bits per heavy atom. The van der Waals surface area contributed by atoms with E-state index < -0.39 is 0 Å². The summed E-state index contributed by atoms with van der Waals surface area (Å²) in [5.74, 6) is 0.642. The van der Waals surface area contributed by atoms with Crippen molar-refractivity contribution in [2.45, 2.75) is 32.7 Å². The molecule has 0 bridgehead atoms. The van der Waals surface area contributed by atoms with Crippen molar-refractivity contribution < 1.29 is 9.59 Å². The summed E-state index contributed by atoms with van der Waals surface area (Å²) in [4.78, 5) is 24.9. The van der Waals surface area contributed by atoms with Crippen molar-refractivity contribution in [3.05, 3.63) is 0 Å². The number of likely N-dealkylation sites (tertiary alicyclic amines) is 1. The van der Waals surface area contributed by atoms with Crippen LogP contribution < -0.4 is 5.32 Å². The Balaban J connectivity index is 2.58. The van der Waals surface area contributed by atoms with E-state index in [9.17, 15) is 9.59 Å². The fourth-order valence-electron chi connectivity index (χ4n) is 2.08. The standard InChI is InChI=1S/C11H20N2O2/c1-8-6-10(9(2)14)13(7-8)11(15)4-5-12-3/h8,10,12H,4-7H2,1-3H3/t8-,10-/m1/s1. The zero-order chi connectivity index (χ0) is 11.4. The number of carbonyl (C=O) groups is 2. The molecule has 0 unspecified atom stereocenters. The van der Waals surface area contributed by atoms with Gasteiger partial charge < -0.3 is 10.2 Å². The van der Waals surface area contributed by atoms with Gasteiger partial charge in [0.1, 0.15) is 0 Å². The van der Waals surface area contributed by atoms with Gasteiger partial charge in [-0.05, 0) is 26.3 Å². The summed E-state index contributed by atoms with van der Waals surface area (Å²) in [6.45, 7) is 5.06. The molecular formula is C11H20N2O2. The van der Waals surface area contributed by atoms with E-state index in [1.807, 2.05) is 7.05 Å². The molecule has 1 fully saturated rings. The van der Waals surface area contributed by atoms with E-state index in [4.69, 9.17) is 0 Å². The number of carbonyl (C=O) groups excluding carboxylic acids is 2. The van der Waals surface area contributed by atoms with E-state index in [1.54, 1.807) is 11.8 Å². The molecule has 1 amide bonds. The average molecular weight is 212 g/mol. The topological polar surface area (TPSA) is 49.4 Å². The summed E-state index contributed by atoms with van der Waals surface area (Å²) in [5, 5.41) is 2.94. The fraction of sp³-hybridized carbons (Fsp3) is 0.818. The van der Waals surface area contributed by atoms with Gasteiger partial charge in [-0.25, -0.2) is 0 Å². The fourth-order valence-corrected chi connectivity index (χ4v) is 2.08. The van der Waals surface area contributed by atoms with Gasteiger partial charge in [0.05, 0.1) is 6.04 Å². The molecule has 4 nitrogen and oxygen atoms in total. The minimum absolute atomic E-state index is 0.0916. The molecule has 1 N–H and O–H groups in total. The molecule has 0 aromatic rings. The number of hydrogen-bond acceptors (Lipinski definition) is 3. The Hall–Kier alpha value is -0.900. The van der Waals surface area contributed by atoms with Gasteiger partial charge in [0.2, 0.25) is 5.91 Å². The van der Waals surface area contributed by atoms with Crippen LogP contribution in [0.2, 0.25) is 0 Å². The molecule has 0 aromatic carbocycles. The van der Waals surface area contributed by atoms with Crippen LogP contribution in [-0.4, -0.2) is 42.8 Å². The predicted molar refractivity (Wildman–Crippen MR) is 58.5 cm³/mol. The number of rotatable bonds is 4. The number of nitrogens with zero attached hydrogens (tertiary/aromatic N) is 1. The van der Waals surface area contributed by atoms with Gasteiger partial charge in [-0.3, -0.25) is 9.59 Å². The highest BCUT2D eigenvalue weighted by atomic mass is 16.2. The quantitative estimate of drug-likeness (QED) is 0.735. The maximum absolute atomic E-state index is 11.8. The molecule has 0 aliphatic carbocycles. The van der Waals surface area contributed by atoms with Crippen molar-refractivity contribution in [2.75, 3.05) is 20.1 Å². The third-order valence-electron chi connectivity index (χ3n) is 2.89. The van der Waals surface area contributed by atoms with Crippen molar-refractivity contribution in [1.82, 2.24) is 10.2 Å². The lowest BCUT2D eigenvalue weighted by Gasteiger charge is -2.22. The molecule has 1 aliphatic rings. The van der Waals surface area contributed by atoms with Crippen molar-refractivity contribution in [2.24, 2.45) is 5.92 Å². The molecular weight excluding hydrogens is 192 g/mol. The largest absolute Gasteiger partial charge is 0.332 e. The number of ketones is 1. The highest BCUT2D eigenvalue weighted by Crippen LogP contribution is 2.23. The smallest absolute Gasteiger partial charge is 0.224 e. The van der Waals surface area contributed by atoms with Crippen LogP contribution in [-0.2, 0) is 9.59 Å². The first-order valence-corrected chi connectivity index (χ1v) is 5.50. The summed E-state index contributed by atoms with van der Waals surface area (Å²) in [7, 11) is 1.82. The van der Waals surface area contributed by atoms with Crippen LogP contribution >= 0.6 is 0 Å². The van der Waals surface area contributed by atoms with Gasteiger partial charge in [-0.15, -0.1) is 0 Å². The molecule has 4 heteroatoms. The molecule has 15 heavy (non-hydrogen) atoms. The Kier molecular flexibility index (Phi) is 4.27. The number of amides is 1. The third kappa shape index (κ3) is 3.02. The van der Waals surface area contributed by atoms with E-state index in [2.05, 4.69) is 12.2 Å². The average Bonchev–Trinajstić information content (AvgIpc) is 2.57. The van der Waals surface area contributed by atoms with Crippen LogP contribution in [0.3, 0.4) is 0 Å². The Morgan fingerprint density at radius 2 is 2.13 bits per heavy atom. The molecule has 86 valence electrons. The molecule has 1 aliphatic heterocycles. The molecule has 2 atom stereocenters. The molecule has 1 heterocycles. The van der Waals surface area contributed by atoms with Crippen molar-refractivity contribution in [3.63, 3.8) is 0 Å². The van der Waals surface area contributed by atoms with Crippen LogP contribution in [0.1, 0.15) is 26.7 Å². The van der Waals surface area contributed by atoms with Gasteiger partial charge in [0.25, 0.3) is 0 Å². The maximum atomic E-state index is 11.8. The van der Waals surface area contributed by atoms with Crippen molar-refractivity contribution in [1.29, 1.82) is 0 Å². The van der Waals surface area contributed by atoms with Crippen LogP contribution in [0, 0.1) is 5.92 Å². The molecule has 0 aromatic heterocycles. The minimum atomic E-state index is -0.177. The van der Waals surface area contributed by atoms with Gasteiger partial charge in [0.15, 0.2) is 5.78 Å². The Morgan fingerprint density at radius 1 is 1.47 bits per heavy atom. The summed E-state index contributed by atoms with van der Waals surface area (Å²) >= 11 is 0. The lowest BCUT2D eigenvalue weighted by atomic mass is 10.1. The summed E-state index contributed by atoms with van der Waals surface area (Å²) in [6.07, 6.45) is 1.30. The summed E-state index contributed by atoms with van der Waals surface area (Å²) < 4.78 is 0. The predicted octanol–water partition coefficient (Wildman–Crippen LogP) is 0.422. The normalized spacial score (nSPS) is 25.7. The maximum Gasteiger partial charge on any atom is 0.224 e. The van der Waals surface area contributed by atoms with E-state index in [-0.39, 0.29) is 17.7 Å². The van der Waals surface area contributed by atoms with Crippen LogP contribution in [0.15, 0.2) is 0 Å². The first-order chi connectivity index (χ1) is 7.06. The van der Waals surface area contributed by atoms with Crippen molar-refractivity contribution >= 4 is 11.7 Å². The van der Waals surface area contributed by atoms with Crippen molar-refractivity contribution in [3.8, 4) is 0 Å². The number of nitrogens with one attached hydrogen (secondary N) is 1.